The number of alkyl halides is 3. The molecule has 0 bridgehead atoms. The Morgan fingerprint density at radius 1 is 1.20 bits per heavy atom. The third-order valence-electron chi connectivity index (χ3n) is 5.63. The lowest BCUT2D eigenvalue weighted by molar-refractivity contribution is -0.137. The fraction of sp³-hybridized carbons (Fsp3) is 0.318. The number of rotatable bonds is 3. The summed E-state index contributed by atoms with van der Waals surface area (Å²) in [4.78, 5) is 11.3. The van der Waals surface area contributed by atoms with Gasteiger partial charge in [-0.3, -0.25) is 4.90 Å². The van der Waals surface area contributed by atoms with Gasteiger partial charge in [0.25, 0.3) is 0 Å². The molecular formula is C22H20F3N5. The quantitative estimate of drug-likeness (QED) is 0.647. The monoisotopic (exact) mass is 411 g/mol. The van der Waals surface area contributed by atoms with Crippen molar-refractivity contribution in [1.29, 1.82) is 5.26 Å². The minimum atomic E-state index is -4.36. The average molecular weight is 411 g/mol. The second-order valence-electron chi connectivity index (χ2n) is 7.51. The zero-order chi connectivity index (χ0) is 21.5. The first-order chi connectivity index (χ1) is 14.3. The number of aromatic nitrogens is 3. The van der Waals surface area contributed by atoms with Crippen molar-refractivity contribution in [2.45, 2.75) is 32.6 Å². The predicted molar refractivity (Wildman–Crippen MR) is 105 cm³/mol. The Balaban J connectivity index is 1.50. The van der Waals surface area contributed by atoms with E-state index in [9.17, 15) is 18.4 Å². The molecule has 4 rings (SSSR count). The molecule has 0 N–H and O–H groups in total. The number of fused-ring (bicyclic) bond motifs is 1. The molecule has 8 heteroatoms. The van der Waals surface area contributed by atoms with Gasteiger partial charge >= 0.3 is 6.18 Å². The minimum absolute atomic E-state index is 0.438. The maximum atomic E-state index is 12.8. The molecule has 0 saturated heterocycles. The van der Waals surface area contributed by atoms with Crippen molar-refractivity contribution < 1.29 is 13.2 Å². The van der Waals surface area contributed by atoms with E-state index in [1.165, 1.54) is 12.1 Å². The predicted octanol–water partition coefficient (Wildman–Crippen LogP) is 4.24. The van der Waals surface area contributed by atoms with Crippen molar-refractivity contribution in [3.63, 3.8) is 0 Å². The average Bonchev–Trinajstić information content (AvgIpc) is 3.00. The molecule has 0 fully saturated rings. The third kappa shape index (κ3) is 3.81. The maximum absolute atomic E-state index is 12.8. The summed E-state index contributed by atoms with van der Waals surface area (Å²) >= 11 is 0. The molecule has 1 aliphatic heterocycles. The first kappa shape index (κ1) is 20.1. The van der Waals surface area contributed by atoms with Gasteiger partial charge in [0, 0.05) is 56.1 Å². The summed E-state index contributed by atoms with van der Waals surface area (Å²) in [5, 5.41) is 9.21. The molecular weight excluding hydrogens is 391 g/mol. The third-order valence-corrected chi connectivity index (χ3v) is 5.63. The summed E-state index contributed by atoms with van der Waals surface area (Å²) in [5.41, 5.74) is 4.67. The Hall–Kier alpha value is -3.18. The van der Waals surface area contributed by atoms with E-state index in [-0.39, 0.29) is 0 Å². The van der Waals surface area contributed by atoms with E-state index in [4.69, 9.17) is 0 Å². The largest absolute Gasteiger partial charge is 0.416 e. The second kappa shape index (κ2) is 7.58. The molecule has 0 atom stereocenters. The number of nitrogens with zero attached hydrogens (tertiary/aromatic N) is 5. The molecule has 3 aromatic rings. The van der Waals surface area contributed by atoms with E-state index < -0.39 is 11.7 Å². The van der Waals surface area contributed by atoms with E-state index in [2.05, 4.69) is 20.9 Å². The highest BCUT2D eigenvalue weighted by molar-refractivity contribution is 5.56. The van der Waals surface area contributed by atoms with E-state index in [1.807, 2.05) is 24.6 Å². The molecule has 0 saturated carbocycles. The van der Waals surface area contributed by atoms with Crippen LogP contribution in [0.1, 0.15) is 33.8 Å². The van der Waals surface area contributed by atoms with Crippen molar-refractivity contribution in [3.8, 4) is 17.5 Å². The van der Waals surface area contributed by atoms with Crippen LogP contribution in [0.15, 0.2) is 36.5 Å². The van der Waals surface area contributed by atoms with Gasteiger partial charge in [0.15, 0.2) is 5.82 Å². The first-order valence-corrected chi connectivity index (χ1v) is 9.56. The van der Waals surface area contributed by atoms with Gasteiger partial charge in [-0.1, -0.05) is 12.1 Å². The van der Waals surface area contributed by atoms with Crippen molar-refractivity contribution >= 4 is 0 Å². The van der Waals surface area contributed by atoms with E-state index in [0.29, 0.717) is 23.6 Å². The van der Waals surface area contributed by atoms with Gasteiger partial charge in [-0.05, 0) is 30.7 Å². The smallest absolute Gasteiger partial charge is 0.340 e. The van der Waals surface area contributed by atoms with Crippen LogP contribution >= 0.6 is 0 Å². The van der Waals surface area contributed by atoms with Crippen molar-refractivity contribution in [2.24, 2.45) is 7.05 Å². The molecule has 3 heterocycles. The second-order valence-corrected chi connectivity index (χ2v) is 7.51. The van der Waals surface area contributed by atoms with Crippen LogP contribution in [-0.4, -0.2) is 26.0 Å². The Kier molecular flexibility index (Phi) is 5.08. The number of hydrogen-bond acceptors (Lipinski definition) is 4. The Morgan fingerprint density at radius 2 is 1.93 bits per heavy atom. The normalized spacial score (nSPS) is 14.4. The molecule has 1 aliphatic rings. The Labute approximate surface area is 172 Å². The van der Waals surface area contributed by atoms with Gasteiger partial charge < -0.3 is 4.57 Å². The Morgan fingerprint density at radius 3 is 2.57 bits per heavy atom. The summed E-state index contributed by atoms with van der Waals surface area (Å²) in [7, 11) is 1.89. The highest BCUT2D eigenvalue weighted by atomic mass is 19.4. The van der Waals surface area contributed by atoms with Crippen LogP contribution in [0, 0.1) is 18.3 Å². The maximum Gasteiger partial charge on any atom is 0.416 e. The molecule has 0 radical (unpaired) electrons. The standard InChI is InChI=1S/C22H20F3N5/c1-14-16(9-19(10-26)29(14)2)12-30-8-7-20-17(13-30)11-27-21(28-20)15-3-5-18(6-4-15)22(23,24)25/h3-6,9,11H,7-8,12-13H2,1-2H3. The number of halogens is 3. The fourth-order valence-electron chi connectivity index (χ4n) is 3.73. The minimum Gasteiger partial charge on any atom is -0.340 e. The highest BCUT2D eigenvalue weighted by Crippen LogP contribution is 2.31. The topological polar surface area (TPSA) is 57.7 Å². The van der Waals surface area contributed by atoms with Crippen molar-refractivity contribution in [2.75, 3.05) is 6.54 Å². The van der Waals surface area contributed by atoms with Gasteiger partial charge in [0.05, 0.1) is 11.3 Å². The first-order valence-electron chi connectivity index (χ1n) is 9.56. The molecule has 1 aromatic carbocycles. The number of hydrogen-bond donors (Lipinski definition) is 0. The van der Waals surface area contributed by atoms with Gasteiger partial charge in [-0.15, -0.1) is 0 Å². The summed E-state index contributed by atoms with van der Waals surface area (Å²) in [6.45, 7) is 4.25. The molecule has 2 aromatic heterocycles. The highest BCUT2D eigenvalue weighted by Gasteiger charge is 2.30. The van der Waals surface area contributed by atoms with E-state index in [1.54, 1.807) is 6.20 Å². The van der Waals surface area contributed by atoms with Gasteiger partial charge in [0.2, 0.25) is 0 Å². The lowest BCUT2D eigenvalue weighted by Crippen LogP contribution is -2.31. The summed E-state index contributed by atoms with van der Waals surface area (Å²) < 4.78 is 40.2. The summed E-state index contributed by atoms with van der Waals surface area (Å²) in [6.07, 6.45) is -1.85. The van der Waals surface area contributed by atoms with Crippen molar-refractivity contribution in [1.82, 2.24) is 19.4 Å². The molecule has 154 valence electrons. The van der Waals surface area contributed by atoms with E-state index >= 15 is 0 Å². The molecule has 0 amide bonds. The zero-order valence-corrected chi connectivity index (χ0v) is 16.7. The van der Waals surface area contributed by atoms with Crippen LogP contribution in [0.25, 0.3) is 11.4 Å². The molecule has 30 heavy (non-hydrogen) atoms. The Bertz CT molecular complexity index is 1120. The lowest BCUT2D eigenvalue weighted by atomic mass is 10.1. The van der Waals surface area contributed by atoms with Crippen LogP contribution < -0.4 is 0 Å². The molecule has 0 unspecified atom stereocenters. The van der Waals surface area contributed by atoms with E-state index in [0.717, 1.165) is 54.2 Å². The number of benzene rings is 1. The van der Waals surface area contributed by atoms with Crippen molar-refractivity contribution in [3.05, 3.63) is 70.3 Å². The van der Waals surface area contributed by atoms with Crippen LogP contribution in [0.2, 0.25) is 0 Å². The zero-order valence-electron chi connectivity index (χ0n) is 16.7. The molecule has 0 spiro atoms. The van der Waals surface area contributed by atoms with Crippen LogP contribution in [0.3, 0.4) is 0 Å². The van der Waals surface area contributed by atoms with Gasteiger partial charge in [-0.25, -0.2) is 9.97 Å². The SMILES string of the molecule is Cc1c(CN2CCc3nc(-c4ccc(C(F)(F)F)cc4)ncc3C2)cc(C#N)n1C. The summed E-state index contributed by atoms with van der Waals surface area (Å²) in [6, 6.07) is 9.05. The van der Waals surface area contributed by atoms with Gasteiger partial charge in [0.1, 0.15) is 11.8 Å². The number of nitriles is 1. The molecule has 5 nitrogen and oxygen atoms in total. The lowest BCUT2D eigenvalue weighted by Gasteiger charge is -2.28. The summed E-state index contributed by atoms with van der Waals surface area (Å²) in [5.74, 6) is 0.438. The molecule has 0 aliphatic carbocycles. The van der Waals surface area contributed by atoms with Crippen LogP contribution in [0.5, 0.6) is 0 Å². The van der Waals surface area contributed by atoms with Crippen LogP contribution in [0.4, 0.5) is 13.2 Å². The van der Waals surface area contributed by atoms with Crippen LogP contribution in [-0.2, 0) is 32.7 Å². The fourth-order valence-corrected chi connectivity index (χ4v) is 3.73. The van der Waals surface area contributed by atoms with Gasteiger partial charge in [-0.2, -0.15) is 18.4 Å².